The molecule has 1 aliphatic heterocycles. The van der Waals surface area contributed by atoms with Crippen molar-refractivity contribution in [1.82, 2.24) is 9.80 Å². The standard InChI is InChI=1S/C11H22N4O2/c1-2-9(12)11(17)15-5-3-4-14(6-7-15)8-10(13)16/h9H,2-8,12H2,1H3,(H2,13,16)/t9-/m0/s1. The van der Waals surface area contributed by atoms with Crippen LogP contribution < -0.4 is 11.5 Å². The molecule has 1 aliphatic rings. The van der Waals surface area contributed by atoms with Crippen molar-refractivity contribution in [3.05, 3.63) is 0 Å². The molecule has 1 fully saturated rings. The quantitative estimate of drug-likeness (QED) is 0.644. The zero-order valence-electron chi connectivity index (χ0n) is 10.4. The summed E-state index contributed by atoms with van der Waals surface area (Å²) >= 11 is 0. The summed E-state index contributed by atoms with van der Waals surface area (Å²) in [6, 6.07) is -0.405. The molecule has 0 aromatic rings. The van der Waals surface area contributed by atoms with Crippen molar-refractivity contribution < 1.29 is 9.59 Å². The van der Waals surface area contributed by atoms with E-state index in [1.807, 2.05) is 11.8 Å². The zero-order valence-corrected chi connectivity index (χ0v) is 10.4. The van der Waals surface area contributed by atoms with E-state index in [1.165, 1.54) is 0 Å². The summed E-state index contributed by atoms with van der Waals surface area (Å²) in [5.74, 6) is -0.316. The molecule has 2 amide bonds. The Hall–Kier alpha value is -1.14. The van der Waals surface area contributed by atoms with E-state index >= 15 is 0 Å². The molecule has 1 atom stereocenters. The summed E-state index contributed by atoms with van der Waals surface area (Å²) in [5, 5.41) is 0. The molecule has 98 valence electrons. The van der Waals surface area contributed by atoms with Gasteiger partial charge in [-0.2, -0.15) is 0 Å². The fourth-order valence-electron chi connectivity index (χ4n) is 1.98. The number of carbonyl (C=O) groups is 2. The highest BCUT2D eigenvalue weighted by molar-refractivity contribution is 5.81. The maximum Gasteiger partial charge on any atom is 0.239 e. The third-order valence-electron chi connectivity index (χ3n) is 3.04. The summed E-state index contributed by atoms with van der Waals surface area (Å²) in [4.78, 5) is 26.5. The molecule has 0 bridgehead atoms. The molecule has 4 N–H and O–H groups in total. The van der Waals surface area contributed by atoms with E-state index in [2.05, 4.69) is 0 Å². The number of nitrogens with two attached hydrogens (primary N) is 2. The van der Waals surface area contributed by atoms with Crippen molar-refractivity contribution >= 4 is 11.8 Å². The highest BCUT2D eigenvalue weighted by Gasteiger charge is 2.22. The van der Waals surface area contributed by atoms with Gasteiger partial charge >= 0.3 is 0 Å². The van der Waals surface area contributed by atoms with Crippen molar-refractivity contribution in [2.45, 2.75) is 25.8 Å². The second kappa shape index (κ2) is 6.56. The van der Waals surface area contributed by atoms with Crippen molar-refractivity contribution in [3.63, 3.8) is 0 Å². The van der Waals surface area contributed by atoms with Crippen LogP contribution in [0.4, 0.5) is 0 Å². The molecule has 1 rings (SSSR count). The van der Waals surface area contributed by atoms with Gasteiger partial charge in [0.1, 0.15) is 0 Å². The topological polar surface area (TPSA) is 92.7 Å². The van der Waals surface area contributed by atoms with Crippen LogP contribution in [0.5, 0.6) is 0 Å². The summed E-state index contributed by atoms with van der Waals surface area (Å²) in [7, 11) is 0. The van der Waals surface area contributed by atoms with Crippen LogP contribution >= 0.6 is 0 Å². The third kappa shape index (κ3) is 4.32. The van der Waals surface area contributed by atoms with Gasteiger partial charge in [-0.05, 0) is 12.8 Å². The van der Waals surface area contributed by atoms with Crippen LogP contribution in [0, 0.1) is 0 Å². The molecule has 0 radical (unpaired) electrons. The van der Waals surface area contributed by atoms with E-state index in [0.29, 0.717) is 26.1 Å². The van der Waals surface area contributed by atoms with Gasteiger partial charge in [0.2, 0.25) is 11.8 Å². The third-order valence-corrected chi connectivity index (χ3v) is 3.04. The van der Waals surface area contributed by atoms with E-state index in [0.717, 1.165) is 13.0 Å². The molecule has 0 unspecified atom stereocenters. The Bertz CT molecular complexity index is 283. The molecule has 6 nitrogen and oxygen atoms in total. The summed E-state index contributed by atoms with van der Waals surface area (Å²) < 4.78 is 0. The predicted octanol–water partition coefficient (Wildman–Crippen LogP) is -1.26. The van der Waals surface area contributed by atoms with Crippen molar-refractivity contribution in [2.75, 3.05) is 32.7 Å². The molecule has 1 saturated heterocycles. The Morgan fingerprint density at radius 2 is 1.94 bits per heavy atom. The van der Waals surface area contributed by atoms with Gasteiger partial charge in [0, 0.05) is 26.2 Å². The van der Waals surface area contributed by atoms with Gasteiger partial charge in [-0.25, -0.2) is 0 Å². The average molecular weight is 242 g/mol. The fraction of sp³-hybridized carbons (Fsp3) is 0.818. The summed E-state index contributed by atoms with van der Waals surface area (Å²) in [5.41, 5.74) is 10.9. The lowest BCUT2D eigenvalue weighted by Crippen LogP contribution is -2.45. The second-order valence-corrected chi connectivity index (χ2v) is 4.44. The number of rotatable bonds is 4. The lowest BCUT2D eigenvalue weighted by atomic mass is 10.2. The molecule has 0 aromatic carbocycles. The number of nitrogens with zero attached hydrogens (tertiary/aromatic N) is 2. The maximum atomic E-state index is 11.9. The predicted molar refractivity (Wildman–Crippen MR) is 65.1 cm³/mol. The number of hydrogen-bond donors (Lipinski definition) is 2. The first kappa shape index (κ1) is 13.9. The van der Waals surface area contributed by atoms with Gasteiger partial charge < -0.3 is 16.4 Å². The Labute approximate surface area is 102 Å². The molecular weight excluding hydrogens is 220 g/mol. The van der Waals surface area contributed by atoms with Gasteiger partial charge in [-0.3, -0.25) is 14.5 Å². The van der Waals surface area contributed by atoms with Gasteiger partial charge in [0.05, 0.1) is 12.6 Å². The van der Waals surface area contributed by atoms with E-state index < -0.39 is 6.04 Å². The van der Waals surface area contributed by atoms with Crippen molar-refractivity contribution in [1.29, 1.82) is 0 Å². The minimum atomic E-state index is -0.405. The molecule has 1 heterocycles. The molecule has 17 heavy (non-hydrogen) atoms. The van der Waals surface area contributed by atoms with Crippen LogP contribution in [0.2, 0.25) is 0 Å². The minimum absolute atomic E-state index is 0.00780. The Balaban J connectivity index is 2.47. The van der Waals surface area contributed by atoms with Gasteiger partial charge in [0.25, 0.3) is 0 Å². The van der Waals surface area contributed by atoms with Crippen LogP contribution in [0.25, 0.3) is 0 Å². The first-order chi connectivity index (χ1) is 8.04. The monoisotopic (exact) mass is 242 g/mol. The highest BCUT2D eigenvalue weighted by atomic mass is 16.2. The Kier molecular flexibility index (Phi) is 5.37. The number of amides is 2. The number of carbonyl (C=O) groups excluding carboxylic acids is 2. The Morgan fingerprint density at radius 1 is 1.24 bits per heavy atom. The zero-order chi connectivity index (χ0) is 12.8. The normalized spacial score (nSPS) is 19.8. The second-order valence-electron chi connectivity index (χ2n) is 4.44. The largest absolute Gasteiger partial charge is 0.369 e. The lowest BCUT2D eigenvalue weighted by molar-refractivity contribution is -0.132. The van der Waals surface area contributed by atoms with Gasteiger partial charge in [-0.15, -0.1) is 0 Å². The summed E-state index contributed by atoms with van der Waals surface area (Å²) in [6.45, 7) is 4.99. The molecule has 6 heteroatoms. The van der Waals surface area contributed by atoms with E-state index in [4.69, 9.17) is 11.5 Å². The SMILES string of the molecule is CC[C@H](N)C(=O)N1CCCN(CC(N)=O)CC1. The minimum Gasteiger partial charge on any atom is -0.369 e. The van der Waals surface area contributed by atoms with E-state index in [-0.39, 0.29) is 18.4 Å². The maximum absolute atomic E-state index is 11.9. The van der Waals surface area contributed by atoms with Crippen molar-refractivity contribution in [3.8, 4) is 0 Å². The first-order valence-electron chi connectivity index (χ1n) is 6.09. The highest BCUT2D eigenvalue weighted by Crippen LogP contribution is 2.05. The Morgan fingerprint density at radius 3 is 2.53 bits per heavy atom. The van der Waals surface area contributed by atoms with Crippen molar-refractivity contribution in [2.24, 2.45) is 11.5 Å². The van der Waals surface area contributed by atoms with Gasteiger partial charge in [0.15, 0.2) is 0 Å². The van der Waals surface area contributed by atoms with Crippen LogP contribution in [-0.4, -0.2) is 60.4 Å². The lowest BCUT2D eigenvalue weighted by Gasteiger charge is -2.23. The molecule has 0 aliphatic carbocycles. The average Bonchev–Trinajstić information content (AvgIpc) is 2.52. The number of primary amides is 1. The molecular formula is C11H22N4O2. The first-order valence-corrected chi connectivity index (χ1v) is 6.09. The van der Waals surface area contributed by atoms with Crippen LogP contribution in [-0.2, 0) is 9.59 Å². The van der Waals surface area contributed by atoms with E-state index in [9.17, 15) is 9.59 Å². The van der Waals surface area contributed by atoms with Gasteiger partial charge in [-0.1, -0.05) is 6.92 Å². The van der Waals surface area contributed by atoms with E-state index in [1.54, 1.807) is 4.90 Å². The summed E-state index contributed by atoms with van der Waals surface area (Å²) in [6.07, 6.45) is 1.51. The molecule has 0 spiro atoms. The molecule has 0 saturated carbocycles. The smallest absolute Gasteiger partial charge is 0.239 e. The van der Waals surface area contributed by atoms with Crippen LogP contribution in [0.3, 0.4) is 0 Å². The van der Waals surface area contributed by atoms with Crippen LogP contribution in [0.15, 0.2) is 0 Å². The number of hydrogen-bond acceptors (Lipinski definition) is 4. The fourth-order valence-corrected chi connectivity index (χ4v) is 1.98. The molecule has 0 aromatic heterocycles. The van der Waals surface area contributed by atoms with Crippen LogP contribution in [0.1, 0.15) is 19.8 Å².